The molecule has 0 saturated heterocycles. The van der Waals surface area contributed by atoms with Gasteiger partial charge in [0, 0.05) is 46.5 Å². The minimum absolute atomic E-state index is 0.000410. The molecule has 0 amide bonds. The standard InChI is InChI=1S/C116H128N8O24/c1-9-17-25-33-41-141-93-51-71-67-119-105(129)77-55-81-82(56-78(77)106(119)130)110(134)121(109(81)133)89-61-99(147-47-39-31-23-15-7)91(63-97(89)145-45-37-29-21-13-5)123-113(137)85-59-87-88(60-86(85)114(123)138)116(140)124(115(87)139)92-64-98(146-46-38-30-22-14-6)90(62-100(92)148-48-40-32-24-16-8)122-111(135)83-57-79-80(58-84(83)112(122)136)108(132)120(107(79)131)68-72-52-94(142-42-34-26-18-10-2)70(50-96(72)144-44-36-28-20-12-4)66-118-103(127)75-53-73-74(54-76(75)104(118)128)102(126)117(101(73)125)65-69(93)49-95(71)143-43-35-27-19-11-3/h49-64H,9-48,65-68H2,1-8H3. The molecule has 36 rings (SSSR count). The summed E-state index contributed by atoms with van der Waals surface area (Å²) < 4.78 is 60.0. The van der Waals surface area contributed by atoms with Crippen LogP contribution in [0.15, 0.2) is 174 Å². The summed E-state index contributed by atoms with van der Waals surface area (Å²) in [5.74, 6) is 0.0278. The van der Waals surface area contributed by atoms with Crippen LogP contribution < -0.4 is 127 Å². The van der Waals surface area contributed by atoms with Crippen molar-refractivity contribution in [2.75, 3.05) is 52.9 Å². The minimum Gasteiger partial charge on any atom is -0.493 e. The first-order valence-corrected chi connectivity index (χ1v) is 53.3. The Labute approximate surface area is 849 Å². The molecule has 0 spiro atoms. The molecule has 0 radical (unpaired) electrons. The molecular formula is C116H128N8O24. The second kappa shape index (κ2) is 46.6. The molecule has 28 heterocycles. The van der Waals surface area contributed by atoms with Crippen molar-refractivity contribution >= 4 is 86.2 Å². The smallest absolute Gasteiger partial charge is 0.266 e. The van der Waals surface area contributed by atoms with Crippen LogP contribution in [0.5, 0.6) is 46.0 Å². The molecule has 32 bridgehead atoms. The van der Waals surface area contributed by atoms with Crippen LogP contribution in [0.1, 0.15) is 283 Å². The molecule has 0 aliphatic carbocycles. The average Bonchev–Trinajstić information content (AvgIpc) is 1.56. The molecule has 776 valence electrons. The van der Waals surface area contributed by atoms with E-state index in [1.165, 1.54) is 60.7 Å². The van der Waals surface area contributed by atoms with E-state index >= 15 is 76.7 Å². The Bertz CT molecular complexity index is 7870. The highest BCUT2D eigenvalue weighted by atomic mass is 16.5. The van der Waals surface area contributed by atoms with Gasteiger partial charge in [-0.15, -0.1) is 0 Å². The number of hydrogen-bond acceptors (Lipinski definition) is 24. The van der Waals surface area contributed by atoms with Gasteiger partial charge in [-0.1, -0.05) is 209 Å². The maximum atomic E-state index is 15.7. The lowest BCUT2D eigenvalue weighted by Crippen LogP contribution is -2.28. The predicted molar refractivity (Wildman–Crippen MR) is 578 cm³/mol. The van der Waals surface area contributed by atoms with Gasteiger partial charge in [0.05, 0.1) is 188 Å². The van der Waals surface area contributed by atoms with Crippen molar-refractivity contribution in [2.24, 2.45) is 0 Å². The van der Waals surface area contributed by atoms with E-state index in [1.807, 2.05) is 27.7 Å². The Morgan fingerprint density at radius 1 is 0.155 bits per heavy atom. The third-order valence-electron chi connectivity index (χ3n) is 28.8. The van der Waals surface area contributed by atoms with Gasteiger partial charge in [0.25, 0.3) is 88.9 Å². The molecule has 0 saturated carbocycles. The number of hydrogen-bond donors (Lipinski definition) is 0. The fraction of sp³-hybridized carbons (Fsp3) is 0.448. The van der Waals surface area contributed by atoms with E-state index in [0.29, 0.717) is 77.0 Å². The highest BCUT2D eigenvalue weighted by molar-refractivity contribution is 6.02. The summed E-state index contributed by atoms with van der Waals surface area (Å²) in [6, 6.07) is 21.3. The van der Waals surface area contributed by atoms with Crippen molar-refractivity contribution in [3.8, 4) is 68.7 Å². The molecule has 20 aliphatic heterocycles. The zero-order valence-corrected chi connectivity index (χ0v) is 85.7. The lowest BCUT2D eigenvalue weighted by atomic mass is 10.1. The fourth-order valence-electron chi connectivity index (χ4n) is 20.5. The van der Waals surface area contributed by atoms with Gasteiger partial charge < -0.3 is 37.9 Å². The maximum Gasteiger partial charge on any atom is 0.266 e. The van der Waals surface area contributed by atoms with Gasteiger partial charge in [0.1, 0.15) is 46.0 Å². The summed E-state index contributed by atoms with van der Waals surface area (Å²) in [5, 5.41) is -3.65. The van der Waals surface area contributed by atoms with Crippen LogP contribution in [0.4, 0.5) is 0 Å². The molecule has 0 atom stereocenters. The molecule has 8 aromatic carbocycles. The fourth-order valence-corrected chi connectivity index (χ4v) is 20.5. The van der Waals surface area contributed by atoms with Crippen LogP contribution in [-0.2, 0) is 26.2 Å². The zero-order valence-electron chi connectivity index (χ0n) is 85.7. The topological polar surface area (TPSA) is 386 Å². The summed E-state index contributed by atoms with van der Waals surface area (Å²) in [6.45, 7) is 15.2. The number of ether oxygens (including phenoxy) is 8. The highest BCUT2D eigenvalue weighted by Crippen LogP contribution is 2.40. The Kier molecular flexibility index (Phi) is 32.9. The average molecular weight is 2020 g/mol. The second-order valence-corrected chi connectivity index (χ2v) is 39.3. The minimum atomic E-state index is -0.963. The molecule has 16 aromatic rings. The van der Waals surface area contributed by atoms with Gasteiger partial charge in [-0.05, 0) is 124 Å². The van der Waals surface area contributed by atoms with E-state index in [-0.39, 0.29) is 230 Å². The summed E-state index contributed by atoms with van der Waals surface area (Å²) in [5.41, 5.74) is -13.7. The first-order chi connectivity index (χ1) is 71.8. The lowest BCUT2D eigenvalue weighted by molar-refractivity contribution is 0.291. The number of nitrogens with zero attached hydrogens (tertiary/aromatic N) is 8. The summed E-state index contributed by atoms with van der Waals surface area (Å²) in [6.07, 6.45) is 23.9. The van der Waals surface area contributed by atoms with E-state index in [1.54, 1.807) is 24.3 Å². The molecule has 20 aliphatic rings. The first-order valence-electron chi connectivity index (χ1n) is 53.3. The molecule has 0 fully saturated rings. The monoisotopic (exact) mass is 2020 g/mol. The van der Waals surface area contributed by atoms with E-state index in [0.717, 1.165) is 177 Å². The van der Waals surface area contributed by atoms with E-state index in [9.17, 15) is 0 Å². The molecule has 0 unspecified atom stereocenters. The summed E-state index contributed by atoms with van der Waals surface area (Å²) in [7, 11) is 0. The van der Waals surface area contributed by atoms with Crippen molar-refractivity contribution in [2.45, 2.75) is 287 Å². The van der Waals surface area contributed by atoms with Crippen LogP contribution in [-0.4, -0.2) is 89.4 Å². The predicted octanol–water partition coefficient (Wildman–Crippen LogP) is 16.7. The van der Waals surface area contributed by atoms with Gasteiger partial charge in [0.2, 0.25) is 0 Å². The summed E-state index contributed by atoms with van der Waals surface area (Å²) in [4.78, 5) is 247. The van der Waals surface area contributed by atoms with Crippen LogP contribution >= 0.6 is 0 Å². The van der Waals surface area contributed by atoms with Gasteiger partial charge >= 0.3 is 0 Å². The number of benzene rings is 8. The van der Waals surface area contributed by atoms with Gasteiger partial charge in [-0.25, -0.2) is 18.3 Å². The van der Waals surface area contributed by atoms with E-state index < -0.39 is 115 Å². The van der Waals surface area contributed by atoms with E-state index in [2.05, 4.69) is 27.7 Å². The zero-order chi connectivity index (χ0) is 104. The highest BCUT2D eigenvalue weighted by Gasteiger charge is 2.34. The Hall–Kier alpha value is -14.7. The third-order valence-corrected chi connectivity index (χ3v) is 28.8. The van der Waals surface area contributed by atoms with Crippen LogP contribution in [0.3, 0.4) is 0 Å². The molecule has 32 heteroatoms. The van der Waals surface area contributed by atoms with Gasteiger partial charge in [-0.3, -0.25) is 95.0 Å². The molecular weight excluding hydrogens is 1890 g/mol. The Morgan fingerprint density at radius 2 is 0.284 bits per heavy atom. The van der Waals surface area contributed by atoms with Crippen molar-refractivity contribution in [1.29, 1.82) is 0 Å². The van der Waals surface area contributed by atoms with Crippen LogP contribution in [0, 0.1) is 0 Å². The number of unbranched alkanes of at least 4 members (excludes halogenated alkanes) is 24. The Morgan fingerprint density at radius 3 is 0.419 bits per heavy atom. The Balaban J connectivity index is 0.881. The van der Waals surface area contributed by atoms with E-state index in [4.69, 9.17) is 37.9 Å². The molecule has 8 aromatic heterocycles. The molecule has 0 N–H and O–H groups in total. The van der Waals surface area contributed by atoms with Crippen LogP contribution in [0.25, 0.3) is 109 Å². The molecule has 148 heavy (non-hydrogen) atoms. The van der Waals surface area contributed by atoms with Crippen LogP contribution in [0.2, 0.25) is 0 Å². The quantitative estimate of drug-likeness (QED) is 0.0320. The van der Waals surface area contributed by atoms with Crippen molar-refractivity contribution in [3.63, 3.8) is 0 Å². The van der Waals surface area contributed by atoms with Crippen molar-refractivity contribution in [1.82, 2.24) is 36.5 Å². The maximum absolute atomic E-state index is 15.7. The molecule has 32 nitrogen and oxygen atoms in total. The number of aromatic nitrogens is 8. The normalized spacial score (nSPS) is 12.4. The lowest BCUT2D eigenvalue weighted by Gasteiger charge is -2.18. The SMILES string of the molecule is CCCCCCOc1cc2c(OCCCCCC)cc1Cn1c(=O)c3cc4c(=O)n(c(=O)c4cc3c1=O)Cc1cc(OCCCCCC)c(cc1OCCCCCC)Cn1c(=O)c3cc4c(=O)n(c(=O)c4cc3c1=O)-c1cc(OCCCCCC)c(cc1OCCCCCC)-n1c(=O)c3cc4c(=O)n(c(=O)c4cc3c1=O)-c1cc(OCCCCCC)c(cc1OCCCCCC)-n1c(=O)c3cc4c(=O)n(c(=O)c4cc3c1=O)C2. The number of rotatable bonds is 48. The van der Waals surface area contributed by atoms with Gasteiger partial charge in [-0.2, -0.15) is 0 Å². The largest absolute Gasteiger partial charge is 0.493 e. The summed E-state index contributed by atoms with van der Waals surface area (Å²) >= 11 is 0. The second-order valence-electron chi connectivity index (χ2n) is 39.3. The first kappa shape index (κ1) is 105. The van der Waals surface area contributed by atoms with Gasteiger partial charge in [0.15, 0.2) is 0 Å². The van der Waals surface area contributed by atoms with Crippen molar-refractivity contribution in [3.05, 3.63) is 285 Å². The third kappa shape index (κ3) is 20.6. The van der Waals surface area contributed by atoms with Crippen molar-refractivity contribution < 1.29 is 37.9 Å².